The number of guanidine groups is 1. The molecule has 1 saturated heterocycles. The molecule has 142 valence electrons. The van der Waals surface area contributed by atoms with Crippen LogP contribution in [0.5, 0.6) is 0 Å². The van der Waals surface area contributed by atoms with Gasteiger partial charge >= 0.3 is 0 Å². The fourth-order valence-electron chi connectivity index (χ4n) is 3.54. The summed E-state index contributed by atoms with van der Waals surface area (Å²) in [5.41, 5.74) is 2.26. The van der Waals surface area contributed by atoms with Crippen LogP contribution in [-0.2, 0) is 11.3 Å². The van der Waals surface area contributed by atoms with Crippen molar-refractivity contribution in [3.05, 3.63) is 30.6 Å². The Balaban J connectivity index is 1.39. The van der Waals surface area contributed by atoms with E-state index in [2.05, 4.69) is 50.0 Å². The van der Waals surface area contributed by atoms with Gasteiger partial charge in [0.25, 0.3) is 0 Å². The first-order valence-electron chi connectivity index (χ1n) is 9.67. The molecular weight excluding hydrogens is 326 g/mol. The highest BCUT2D eigenvalue weighted by molar-refractivity contribution is 5.79. The Morgan fingerprint density at radius 2 is 2.15 bits per heavy atom. The zero-order valence-electron chi connectivity index (χ0n) is 16.0. The minimum atomic E-state index is 0.791. The molecule has 1 aliphatic heterocycles. The Hall–Kier alpha value is -2.08. The monoisotopic (exact) mass is 357 g/mol. The summed E-state index contributed by atoms with van der Waals surface area (Å²) in [7, 11) is 3.98. The van der Waals surface area contributed by atoms with E-state index in [-0.39, 0.29) is 0 Å². The van der Waals surface area contributed by atoms with Crippen LogP contribution in [0.2, 0.25) is 0 Å². The van der Waals surface area contributed by atoms with Crippen LogP contribution in [0.4, 0.5) is 0 Å². The Morgan fingerprint density at radius 1 is 1.35 bits per heavy atom. The maximum Gasteiger partial charge on any atom is 0.193 e. The molecule has 0 saturated carbocycles. The number of nitrogens with zero attached hydrogens (tertiary/aromatic N) is 4. The number of aliphatic imine (C=N–C) groups is 1. The predicted molar refractivity (Wildman–Crippen MR) is 107 cm³/mol. The lowest BCUT2D eigenvalue weighted by atomic mass is 9.96. The number of aryl methyl sites for hydroxylation is 1. The van der Waals surface area contributed by atoms with Gasteiger partial charge in [-0.3, -0.25) is 4.99 Å². The number of para-hydroxylation sites is 2. The molecule has 1 aromatic carbocycles. The van der Waals surface area contributed by atoms with Crippen LogP contribution in [-0.4, -0.2) is 60.8 Å². The molecule has 2 aromatic rings. The summed E-state index contributed by atoms with van der Waals surface area (Å²) in [6.07, 6.45) is 6.56. The average molecular weight is 358 g/mol. The molecule has 1 aliphatic rings. The number of aromatic nitrogens is 2. The van der Waals surface area contributed by atoms with Crippen molar-refractivity contribution in [2.24, 2.45) is 10.9 Å². The summed E-state index contributed by atoms with van der Waals surface area (Å²) in [6.45, 7) is 4.74. The van der Waals surface area contributed by atoms with Gasteiger partial charge in [-0.15, -0.1) is 0 Å². The van der Waals surface area contributed by atoms with E-state index in [1.54, 1.807) is 0 Å². The van der Waals surface area contributed by atoms with Crippen LogP contribution in [0.15, 0.2) is 35.6 Å². The summed E-state index contributed by atoms with van der Waals surface area (Å²) >= 11 is 0. The number of fused-ring (bicyclic) bond motifs is 1. The number of benzene rings is 1. The van der Waals surface area contributed by atoms with Gasteiger partial charge in [-0.05, 0) is 43.7 Å². The Labute approximate surface area is 156 Å². The summed E-state index contributed by atoms with van der Waals surface area (Å²) in [4.78, 5) is 11.1. The molecule has 0 unspecified atom stereocenters. The second kappa shape index (κ2) is 9.57. The molecule has 0 aliphatic carbocycles. The van der Waals surface area contributed by atoms with Crippen molar-refractivity contribution >= 4 is 17.0 Å². The predicted octanol–water partition coefficient (Wildman–Crippen LogP) is 2.75. The Bertz CT molecular complexity index is 705. The molecule has 6 heteroatoms. The summed E-state index contributed by atoms with van der Waals surface area (Å²) in [6, 6.07) is 8.27. The van der Waals surface area contributed by atoms with E-state index in [1.165, 1.54) is 24.8 Å². The van der Waals surface area contributed by atoms with E-state index >= 15 is 0 Å². The summed E-state index contributed by atoms with van der Waals surface area (Å²) in [5.74, 6) is 1.77. The Morgan fingerprint density at radius 3 is 2.96 bits per heavy atom. The average Bonchev–Trinajstić information content (AvgIpc) is 3.10. The van der Waals surface area contributed by atoms with Crippen molar-refractivity contribution in [3.63, 3.8) is 0 Å². The van der Waals surface area contributed by atoms with Gasteiger partial charge in [-0.2, -0.15) is 0 Å². The molecule has 0 bridgehead atoms. The fourth-order valence-corrected chi connectivity index (χ4v) is 3.54. The molecule has 0 amide bonds. The smallest absolute Gasteiger partial charge is 0.193 e. The SMILES string of the molecule is CN=C(NCCCn1cnc2ccccc21)N(C)CCC1CCOCC1. The van der Waals surface area contributed by atoms with E-state index in [0.717, 1.165) is 56.7 Å². The topological polar surface area (TPSA) is 54.7 Å². The van der Waals surface area contributed by atoms with Gasteiger partial charge in [-0.1, -0.05) is 12.1 Å². The number of rotatable bonds is 7. The standard InChI is InChI=1S/C20H31N5O/c1-21-20(24(2)13-8-17-9-14-26-15-10-17)22-11-5-12-25-16-23-18-6-3-4-7-19(18)25/h3-4,6-7,16-17H,5,8-15H2,1-2H3,(H,21,22). The third kappa shape index (κ3) is 4.97. The molecule has 26 heavy (non-hydrogen) atoms. The van der Waals surface area contributed by atoms with Crippen LogP contribution in [0.1, 0.15) is 25.7 Å². The third-order valence-electron chi connectivity index (χ3n) is 5.17. The van der Waals surface area contributed by atoms with Gasteiger partial charge in [0.15, 0.2) is 5.96 Å². The first-order valence-corrected chi connectivity index (χ1v) is 9.67. The molecule has 2 heterocycles. The zero-order valence-corrected chi connectivity index (χ0v) is 16.0. The van der Waals surface area contributed by atoms with Crippen molar-refractivity contribution in [1.82, 2.24) is 19.8 Å². The lowest BCUT2D eigenvalue weighted by molar-refractivity contribution is 0.0625. The first-order chi connectivity index (χ1) is 12.8. The summed E-state index contributed by atoms with van der Waals surface area (Å²) in [5, 5.41) is 3.48. The van der Waals surface area contributed by atoms with Crippen molar-refractivity contribution in [2.45, 2.75) is 32.2 Å². The lowest BCUT2D eigenvalue weighted by Gasteiger charge is -2.26. The first kappa shape index (κ1) is 18.7. The lowest BCUT2D eigenvalue weighted by Crippen LogP contribution is -2.40. The van der Waals surface area contributed by atoms with Crippen molar-refractivity contribution in [1.29, 1.82) is 0 Å². The molecule has 0 spiro atoms. The molecule has 0 radical (unpaired) electrons. The van der Waals surface area contributed by atoms with Gasteiger partial charge in [0.2, 0.25) is 0 Å². The molecule has 0 atom stereocenters. The minimum absolute atomic E-state index is 0.791. The normalized spacial score (nSPS) is 16.2. The number of hydrogen-bond acceptors (Lipinski definition) is 3. The number of hydrogen-bond donors (Lipinski definition) is 1. The van der Waals surface area contributed by atoms with Crippen molar-refractivity contribution in [3.8, 4) is 0 Å². The van der Waals surface area contributed by atoms with Crippen LogP contribution < -0.4 is 5.32 Å². The zero-order chi connectivity index (χ0) is 18.2. The van der Waals surface area contributed by atoms with E-state index in [1.807, 2.05) is 19.4 Å². The number of imidazole rings is 1. The van der Waals surface area contributed by atoms with Gasteiger partial charge in [0, 0.05) is 46.9 Å². The van der Waals surface area contributed by atoms with Gasteiger partial charge in [0.05, 0.1) is 17.4 Å². The summed E-state index contributed by atoms with van der Waals surface area (Å²) < 4.78 is 7.66. The highest BCUT2D eigenvalue weighted by Crippen LogP contribution is 2.18. The van der Waals surface area contributed by atoms with Gasteiger partial charge in [-0.25, -0.2) is 4.98 Å². The fraction of sp³-hybridized carbons (Fsp3) is 0.600. The van der Waals surface area contributed by atoms with E-state index in [4.69, 9.17) is 4.74 Å². The second-order valence-electron chi connectivity index (χ2n) is 7.02. The molecule has 6 nitrogen and oxygen atoms in total. The number of ether oxygens (including phenoxy) is 1. The van der Waals surface area contributed by atoms with Crippen LogP contribution >= 0.6 is 0 Å². The van der Waals surface area contributed by atoms with E-state index < -0.39 is 0 Å². The maximum absolute atomic E-state index is 5.44. The Kier molecular flexibility index (Phi) is 6.89. The van der Waals surface area contributed by atoms with Crippen LogP contribution in [0.3, 0.4) is 0 Å². The van der Waals surface area contributed by atoms with E-state index in [0.29, 0.717) is 0 Å². The van der Waals surface area contributed by atoms with Gasteiger partial charge < -0.3 is 19.5 Å². The molecule has 1 fully saturated rings. The molecule has 1 aromatic heterocycles. The van der Waals surface area contributed by atoms with E-state index in [9.17, 15) is 0 Å². The largest absolute Gasteiger partial charge is 0.381 e. The molecule has 1 N–H and O–H groups in total. The molecular formula is C20H31N5O. The minimum Gasteiger partial charge on any atom is -0.381 e. The van der Waals surface area contributed by atoms with Crippen molar-refractivity contribution < 1.29 is 4.74 Å². The number of nitrogens with one attached hydrogen (secondary N) is 1. The van der Waals surface area contributed by atoms with Crippen molar-refractivity contribution in [2.75, 3.05) is 40.4 Å². The van der Waals surface area contributed by atoms with Gasteiger partial charge in [0.1, 0.15) is 0 Å². The molecule has 3 rings (SSSR count). The second-order valence-corrected chi connectivity index (χ2v) is 7.02. The maximum atomic E-state index is 5.44. The highest BCUT2D eigenvalue weighted by Gasteiger charge is 2.15. The third-order valence-corrected chi connectivity index (χ3v) is 5.17. The van der Waals surface area contributed by atoms with Crippen LogP contribution in [0.25, 0.3) is 11.0 Å². The quantitative estimate of drug-likeness (QED) is 0.470. The highest BCUT2D eigenvalue weighted by atomic mass is 16.5. The van der Waals surface area contributed by atoms with Crippen LogP contribution in [0, 0.1) is 5.92 Å².